The summed E-state index contributed by atoms with van der Waals surface area (Å²) in [6.45, 7) is 5.47. The van der Waals surface area contributed by atoms with Crippen LogP contribution in [-0.4, -0.2) is 44.2 Å². The molecule has 0 atom stereocenters. The second-order valence-electron chi connectivity index (χ2n) is 7.40. The number of carbonyl (C=O) groups is 1. The molecule has 0 unspecified atom stereocenters. The van der Waals surface area contributed by atoms with Gasteiger partial charge in [0, 0.05) is 11.6 Å². The Morgan fingerprint density at radius 1 is 1.09 bits per heavy atom. The fourth-order valence-electron chi connectivity index (χ4n) is 3.24. The average Bonchev–Trinajstić information content (AvgIpc) is 3.21. The first kappa shape index (κ1) is 22.9. The molecule has 4 rings (SSSR count). The molecule has 0 radical (unpaired) electrons. The van der Waals surface area contributed by atoms with Gasteiger partial charge in [0.1, 0.15) is 11.6 Å². The summed E-state index contributed by atoms with van der Waals surface area (Å²) in [5, 5.41) is 8.88. The Kier molecular flexibility index (Phi) is 6.53. The van der Waals surface area contributed by atoms with Gasteiger partial charge in [0.2, 0.25) is 5.89 Å². The normalized spacial score (nSPS) is 10.9. The maximum absolute atomic E-state index is 13.5. The molecule has 1 N–H and O–H groups in total. The molecule has 34 heavy (non-hydrogen) atoms. The zero-order valence-corrected chi connectivity index (χ0v) is 18.7. The maximum atomic E-state index is 13.5. The first-order valence-electron chi connectivity index (χ1n) is 10.4. The topological polar surface area (TPSA) is 130 Å². The molecule has 0 spiro atoms. The molecule has 0 aliphatic carbocycles. The van der Waals surface area contributed by atoms with Crippen molar-refractivity contribution in [3.8, 4) is 34.8 Å². The number of rotatable bonds is 9. The van der Waals surface area contributed by atoms with E-state index in [4.69, 9.17) is 23.7 Å². The van der Waals surface area contributed by atoms with Crippen molar-refractivity contribution in [3.05, 3.63) is 47.5 Å². The van der Waals surface area contributed by atoms with E-state index in [1.165, 1.54) is 6.20 Å². The summed E-state index contributed by atoms with van der Waals surface area (Å²) in [5.74, 6) is -0.615. The smallest absolute Gasteiger partial charge is 0.341 e. The van der Waals surface area contributed by atoms with E-state index < -0.39 is 18.4 Å². The third kappa shape index (κ3) is 5.03. The van der Waals surface area contributed by atoms with Crippen LogP contribution in [0, 0.1) is 19.7 Å². The van der Waals surface area contributed by atoms with Gasteiger partial charge in [-0.2, -0.15) is 9.97 Å². The monoisotopic (exact) mass is 468 g/mol. The zero-order valence-electron chi connectivity index (χ0n) is 18.7. The van der Waals surface area contributed by atoms with Crippen molar-refractivity contribution < 1.29 is 32.9 Å². The number of hydrogen-bond acceptors (Lipinski definition) is 9. The van der Waals surface area contributed by atoms with E-state index in [1.807, 2.05) is 6.92 Å². The number of hydrogen-bond donors (Lipinski definition) is 1. The number of halogens is 1. The maximum Gasteiger partial charge on any atom is 0.341 e. The summed E-state index contributed by atoms with van der Waals surface area (Å²) in [6.07, 6.45) is 3.11. The largest absolute Gasteiger partial charge is 0.481 e. The third-order valence-corrected chi connectivity index (χ3v) is 4.59. The highest BCUT2D eigenvalue weighted by Crippen LogP contribution is 2.34. The van der Waals surface area contributed by atoms with Crippen molar-refractivity contribution in [1.29, 1.82) is 0 Å². The van der Waals surface area contributed by atoms with E-state index in [-0.39, 0.29) is 29.2 Å². The van der Waals surface area contributed by atoms with Gasteiger partial charge in [0.15, 0.2) is 17.9 Å². The zero-order chi connectivity index (χ0) is 24.2. The van der Waals surface area contributed by atoms with Gasteiger partial charge in [0.25, 0.3) is 11.6 Å². The standard InChI is InChI=1S/C23H21FN4O6/c1-4-5-31-21-18-22(28-23(27-21)33-16-8-15(24)9-25-10-16)34-20(26-18)14-6-12(2)19(13(3)7-14)32-11-17(29)30/h6-10H,4-5,11H2,1-3H3,(H,29,30). The van der Waals surface area contributed by atoms with Crippen molar-refractivity contribution in [2.24, 2.45) is 0 Å². The van der Waals surface area contributed by atoms with Gasteiger partial charge in [-0.25, -0.2) is 14.2 Å². The molecule has 176 valence electrons. The number of aromatic nitrogens is 4. The molecule has 0 amide bonds. The first-order chi connectivity index (χ1) is 16.3. The molecule has 3 aromatic heterocycles. The second kappa shape index (κ2) is 9.69. The number of nitrogens with zero attached hydrogens (tertiary/aromatic N) is 4. The number of benzene rings is 1. The Morgan fingerprint density at radius 2 is 1.85 bits per heavy atom. The van der Waals surface area contributed by atoms with Crippen LogP contribution in [0.5, 0.6) is 23.4 Å². The molecule has 0 aliphatic rings. The number of oxazole rings is 1. The van der Waals surface area contributed by atoms with Gasteiger partial charge in [-0.05, 0) is 43.5 Å². The average molecular weight is 468 g/mol. The van der Waals surface area contributed by atoms with Gasteiger partial charge in [0.05, 0.1) is 19.0 Å². The van der Waals surface area contributed by atoms with Crippen LogP contribution in [0.3, 0.4) is 0 Å². The quantitative estimate of drug-likeness (QED) is 0.375. The minimum Gasteiger partial charge on any atom is -0.481 e. The second-order valence-corrected chi connectivity index (χ2v) is 7.40. The number of carboxylic acid groups (broad SMARTS) is 1. The number of aliphatic carboxylic acids is 1. The molecule has 10 nitrogen and oxygen atoms in total. The molecule has 0 aliphatic heterocycles. The summed E-state index contributed by atoms with van der Waals surface area (Å²) in [4.78, 5) is 27.6. The molecule has 1 aromatic carbocycles. The van der Waals surface area contributed by atoms with Crippen LogP contribution in [0.4, 0.5) is 4.39 Å². The van der Waals surface area contributed by atoms with Crippen LogP contribution in [0.1, 0.15) is 24.5 Å². The van der Waals surface area contributed by atoms with Gasteiger partial charge in [-0.1, -0.05) is 6.92 Å². The summed E-state index contributed by atoms with van der Waals surface area (Å²) in [6, 6.07) is 4.58. The lowest BCUT2D eigenvalue weighted by atomic mass is 10.1. The number of carboxylic acids is 1. The lowest BCUT2D eigenvalue weighted by Crippen LogP contribution is -2.10. The Morgan fingerprint density at radius 3 is 2.53 bits per heavy atom. The van der Waals surface area contributed by atoms with Crippen LogP contribution in [-0.2, 0) is 4.79 Å². The Balaban J connectivity index is 1.72. The number of ether oxygens (including phenoxy) is 3. The van der Waals surface area contributed by atoms with Crippen LogP contribution >= 0.6 is 0 Å². The van der Waals surface area contributed by atoms with Gasteiger partial charge in [-0.3, -0.25) is 4.98 Å². The van der Waals surface area contributed by atoms with Crippen LogP contribution in [0.25, 0.3) is 22.7 Å². The molecule has 0 saturated heterocycles. The van der Waals surface area contributed by atoms with Crippen LogP contribution < -0.4 is 14.2 Å². The molecule has 11 heteroatoms. The van der Waals surface area contributed by atoms with Gasteiger partial charge in [-0.15, -0.1) is 0 Å². The van der Waals surface area contributed by atoms with E-state index in [0.717, 1.165) is 29.8 Å². The molecule has 4 aromatic rings. The van der Waals surface area contributed by atoms with E-state index in [1.54, 1.807) is 26.0 Å². The summed E-state index contributed by atoms with van der Waals surface area (Å²) in [7, 11) is 0. The minimum atomic E-state index is -1.06. The Labute approximate surface area is 193 Å². The highest BCUT2D eigenvalue weighted by Gasteiger charge is 2.20. The van der Waals surface area contributed by atoms with Gasteiger partial charge < -0.3 is 23.7 Å². The first-order valence-corrected chi connectivity index (χ1v) is 10.4. The fraction of sp³-hybridized carbons (Fsp3) is 0.261. The van der Waals surface area contributed by atoms with Crippen molar-refractivity contribution in [2.75, 3.05) is 13.2 Å². The van der Waals surface area contributed by atoms with Gasteiger partial charge >= 0.3 is 12.0 Å². The predicted molar refractivity (Wildman–Crippen MR) is 118 cm³/mol. The Hall–Kier alpha value is -4.28. The highest BCUT2D eigenvalue weighted by atomic mass is 19.1. The van der Waals surface area contributed by atoms with Crippen molar-refractivity contribution in [1.82, 2.24) is 19.9 Å². The summed E-state index contributed by atoms with van der Waals surface area (Å²) < 4.78 is 36.0. The number of pyridine rings is 1. The highest BCUT2D eigenvalue weighted by molar-refractivity contribution is 5.78. The predicted octanol–water partition coefficient (Wildman–Crippen LogP) is 4.48. The third-order valence-electron chi connectivity index (χ3n) is 4.59. The minimum absolute atomic E-state index is 0.113. The van der Waals surface area contributed by atoms with Crippen molar-refractivity contribution in [3.63, 3.8) is 0 Å². The summed E-state index contributed by atoms with van der Waals surface area (Å²) in [5.41, 5.74) is 2.49. The van der Waals surface area contributed by atoms with Crippen molar-refractivity contribution in [2.45, 2.75) is 27.2 Å². The van der Waals surface area contributed by atoms with Crippen LogP contribution in [0.15, 0.2) is 35.0 Å². The lowest BCUT2D eigenvalue weighted by molar-refractivity contribution is -0.139. The molecule has 0 saturated carbocycles. The van der Waals surface area contributed by atoms with E-state index in [9.17, 15) is 9.18 Å². The summed E-state index contributed by atoms with van der Waals surface area (Å²) >= 11 is 0. The van der Waals surface area contributed by atoms with Crippen molar-refractivity contribution >= 4 is 17.2 Å². The molecule has 0 fully saturated rings. The Bertz CT molecular complexity index is 1330. The number of aryl methyl sites for hydroxylation is 2. The number of fused-ring (bicyclic) bond motifs is 1. The fourth-order valence-corrected chi connectivity index (χ4v) is 3.24. The van der Waals surface area contributed by atoms with E-state index in [0.29, 0.717) is 23.4 Å². The van der Waals surface area contributed by atoms with Crippen LogP contribution in [0.2, 0.25) is 0 Å². The van der Waals surface area contributed by atoms with E-state index in [2.05, 4.69) is 19.9 Å². The van der Waals surface area contributed by atoms with E-state index >= 15 is 0 Å². The lowest BCUT2D eigenvalue weighted by Gasteiger charge is -2.11. The molecule has 0 bridgehead atoms. The SMILES string of the molecule is CCCOc1nc(Oc2cncc(F)c2)nc2oc(-c3cc(C)c(OCC(=O)O)c(C)c3)nc12. The molecular formula is C23H21FN4O6. The molecule has 3 heterocycles. The molecular weight excluding hydrogens is 447 g/mol.